The van der Waals surface area contributed by atoms with E-state index < -0.39 is 8.53 Å². The Bertz CT molecular complexity index is 539. The van der Waals surface area contributed by atoms with E-state index in [2.05, 4.69) is 65.8 Å². The molecule has 0 amide bonds. The molecule has 2 aromatic carbocycles. The predicted octanol–water partition coefficient (Wildman–Crippen LogP) is 3.72. The minimum absolute atomic E-state index is 0.0361. The van der Waals surface area contributed by atoms with Crippen molar-refractivity contribution in [1.29, 1.82) is 0 Å². The molecule has 4 heteroatoms. The molecule has 0 heterocycles. The van der Waals surface area contributed by atoms with Crippen LogP contribution in [0.15, 0.2) is 60.7 Å². The van der Waals surface area contributed by atoms with Crippen molar-refractivity contribution in [2.24, 2.45) is 0 Å². The molecule has 0 aliphatic heterocycles. The molecular formula is C18H22NO2P. The molecule has 1 saturated carbocycles. The highest BCUT2D eigenvalue weighted by atomic mass is 31.2. The van der Waals surface area contributed by atoms with Crippen LogP contribution < -0.4 is 5.09 Å². The van der Waals surface area contributed by atoms with Crippen molar-refractivity contribution in [1.82, 2.24) is 5.09 Å². The van der Waals surface area contributed by atoms with E-state index in [0.29, 0.717) is 0 Å². The summed E-state index contributed by atoms with van der Waals surface area (Å²) >= 11 is 0. The van der Waals surface area contributed by atoms with Crippen molar-refractivity contribution in [3.05, 3.63) is 71.8 Å². The number of benzene rings is 2. The van der Waals surface area contributed by atoms with E-state index in [1.165, 1.54) is 11.1 Å². The predicted molar refractivity (Wildman–Crippen MR) is 90.4 cm³/mol. The summed E-state index contributed by atoms with van der Waals surface area (Å²) in [6.07, 6.45) is 3.93. The van der Waals surface area contributed by atoms with Crippen molar-refractivity contribution < 1.29 is 9.79 Å². The van der Waals surface area contributed by atoms with E-state index in [-0.39, 0.29) is 11.5 Å². The Balaban J connectivity index is 1.90. The van der Waals surface area contributed by atoms with Crippen LogP contribution in [0.1, 0.15) is 36.8 Å². The highest BCUT2D eigenvalue weighted by molar-refractivity contribution is 7.42. The molecule has 116 valence electrons. The molecule has 0 unspecified atom stereocenters. The number of hydrogen-bond acceptors (Lipinski definition) is 3. The van der Waals surface area contributed by atoms with Crippen LogP contribution in [-0.4, -0.2) is 15.8 Å². The largest absolute Gasteiger partial charge is 0.338 e. The van der Waals surface area contributed by atoms with E-state index >= 15 is 0 Å². The summed E-state index contributed by atoms with van der Waals surface area (Å²) in [6.45, 7) is 0. The van der Waals surface area contributed by atoms with Gasteiger partial charge in [0.05, 0.1) is 0 Å². The van der Waals surface area contributed by atoms with E-state index in [4.69, 9.17) is 0 Å². The van der Waals surface area contributed by atoms with Gasteiger partial charge in [-0.2, -0.15) is 0 Å². The minimum Gasteiger partial charge on any atom is -0.338 e. The molecule has 0 spiro atoms. The summed E-state index contributed by atoms with van der Waals surface area (Å²) in [7, 11) is -2.01. The van der Waals surface area contributed by atoms with Crippen molar-refractivity contribution in [2.45, 2.75) is 37.1 Å². The topological polar surface area (TPSA) is 52.5 Å². The van der Waals surface area contributed by atoms with Gasteiger partial charge in [0.1, 0.15) is 0 Å². The van der Waals surface area contributed by atoms with Gasteiger partial charge in [-0.25, -0.2) is 5.09 Å². The van der Waals surface area contributed by atoms with Gasteiger partial charge >= 0.3 is 0 Å². The van der Waals surface area contributed by atoms with Crippen LogP contribution in [0.5, 0.6) is 0 Å². The van der Waals surface area contributed by atoms with E-state index in [9.17, 15) is 9.79 Å². The lowest BCUT2D eigenvalue weighted by Gasteiger charge is -2.41. The van der Waals surface area contributed by atoms with Crippen LogP contribution in [0.4, 0.5) is 0 Å². The molecular weight excluding hydrogens is 293 g/mol. The highest BCUT2D eigenvalue weighted by Crippen LogP contribution is 2.45. The molecule has 3 N–H and O–H groups in total. The van der Waals surface area contributed by atoms with Gasteiger partial charge < -0.3 is 9.79 Å². The molecule has 1 aliphatic rings. The zero-order valence-corrected chi connectivity index (χ0v) is 13.4. The van der Waals surface area contributed by atoms with Crippen LogP contribution in [0, 0.1) is 0 Å². The van der Waals surface area contributed by atoms with E-state index in [0.717, 1.165) is 25.7 Å². The molecule has 1 aliphatic carbocycles. The second kappa shape index (κ2) is 6.89. The average molecular weight is 315 g/mol. The smallest absolute Gasteiger partial charge is 0.250 e. The number of nitrogens with one attached hydrogen (secondary N) is 1. The fourth-order valence-corrected chi connectivity index (χ4v) is 4.25. The third kappa shape index (κ3) is 3.23. The Morgan fingerprint density at radius 1 is 0.818 bits per heavy atom. The Labute approximate surface area is 133 Å². The molecule has 2 aromatic rings. The maximum Gasteiger partial charge on any atom is 0.250 e. The van der Waals surface area contributed by atoms with E-state index in [1.807, 2.05) is 0 Å². The molecule has 3 nitrogen and oxygen atoms in total. The molecule has 0 atom stereocenters. The van der Waals surface area contributed by atoms with Gasteiger partial charge in [0.15, 0.2) is 0 Å². The van der Waals surface area contributed by atoms with Crippen molar-refractivity contribution in [2.75, 3.05) is 0 Å². The molecule has 0 aromatic heterocycles. The number of hydrogen-bond donors (Lipinski definition) is 3. The monoisotopic (exact) mass is 315 g/mol. The Hall–Kier alpha value is -1.25. The number of rotatable bonds is 4. The summed E-state index contributed by atoms with van der Waals surface area (Å²) in [4.78, 5) is 18.4. The van der Waals surface area contributed by atoms with Crippen molar-refractivity contribution in [3.8, 4) is 0 Å². The fourth-order valence-electron chi connectivity index (χ4n) is 3.66. The molecule has 0 radical (unpaired) electrons. The quantitative estimate of drug-likeness (QED) is 0.754. The highest BCUT2D eigenvalue weighted by Gasteiger charge is 2.38. The summed E-state index contributed by atoms with van der Waals surface area (Å²) in [5.41, 5.74) is 2.75. The second-order valence-corrected chi connectivity index (χ2v) is 6.84. The SMILES string of the molecule is OP(O)NC1CCC(c2ccccc2)(c2ccccc2)CC1. The van der Waals surface area contributed by atoms with Crippen LogP contribution in [0.2, 0.25) is 0 Å². The first-order valence-electron chi connectivity index (χ1n) is 7.76. The van der Waals surface area contributed by atoms with Gasteiger partial charge in [0, 0.05) is 11.5 Å². The van der Waals surface area contributed by atoms with Gasteiger partial charge in [-0.1, -0.05) is 60.7 Å². The third-order valence-electron chi connectivity index (χ3n) is 4.79. The molecule has 22 heavy (non-hydrogen) atoms. The van der Waals surface area contributed by atoms with Crippen LogP contribution >= 0.6 is 8.53 Å². The second-order valence-electron chi connectivity index (χ2n) is 6.01. The first-order chi connectivity index (χ1) is 10.7. The molecule has 0 saturated heterocycles. The standard InChI is InChI=1S/C18H22NO2P/c20-22(21)19-17-11-13-18(14-12-17,15-7-3-1-4-8-15)16-9-5-2-6-10-16/h1-10,17,19-21H,11-14H2. The fraction of sp³-hybridized carbons (Fsp3) is 0.333. The lowest BCUT2D eigenvalue weighted by Crippen LogP contribution is -2.39. The van der Waals surface area contributed by atoms with Gasteiger partial charge in [-0.15, -0.1) is 0 Å². The van der Waals surface area contributed by atoms with Crippen molar-refractivity contribution >= 4 is 8.53 Å². The third-order valence-corrected chi connectivity index (χ3v) is 5.39. The van der Waals surface area contributed by atoms with Gasteiger partial charge in [0.2, 0.25) is 8.53 Å². The van der Waals surface area contributed by atoms with Gasteiger partial charge in [-0.05, 0) is 36.8 Å². The Morgan fingerprint density at radius 3 is 1.68 bits per heavy atom. The normalized spacial score (nSPS) is 18.5. The van der Waals surface area contributed by atoms with Crippen LogP contribution in [-0.2, 0) is 5.41 Å². The first kappa shape index (κ1) is 15.6. The maximum atomic E-state index is 9.18. The minimum atomic E-state index is -2.01. The first-order valence-corrected chi connectivity index (χ1v) is 9.00. The van der Waals surface area contributed by atoms with Gasteiger partial charge in [0.25, 0.3) is 0 Å². The molecule has 1 fully saturated rings. The molecule has 0 bridgehead atoms. The van der Waals surface area contributed by atoms with Crippen LogP contribution in [0.3, 0.4) is 0 Å². The lowest BCUT2D eigenvalue weighted by atomic mass is 9.64. The zero-order valence-electron chi connectivity index (χ0n) is 12.5. The lowest BCUT2D eigenvalue weighted by molar-refractivity contribution is 0.295. The molecule has 3 rings (SSSR count). The zero-order chi connectivity index (χ0) is 15.4. The summed E-state index contributed by atoms with van der Waals surface area (Å²) in [6, 6.07) is 21.6. The summed E-state index contributed by atoms with van der Waals surface area (Å²) < 4.78 is 0. The van der Waals surface area contributed by atoms with E-state index in [1.54, 1.807) is 0 Å². The Kier molecular flexibility index (Phi) is 4.90. The maximum absolute atomic E-state index is 9.18. The van der Waals surface area contributed by atoms with Crippen LogP contribution in [0.25, 0.3) is 0 Å². The average Bonchev–Trinajstić information content (AvgIpc) is 2.57. The van der Waals surface area contributed by atoms with Gasteiger partial charge in [-0.3, -0.25) is 0 Å². The summed E-state index contributed by atoms with van der Waals surface area (Å²) in [5.74, 6) is 0. The Morgan fingerprint density at radius 2 is 1.27 bits per heavy atom. The summed E-state index contributed by atoms with van der Waals surface area (Å²) in [5, 5.41) is 2.90. The van der Waals surface area contributed by atoms with Crippen molar-refractivity contribution in [3.63, 3.8) is 0 Å².